The molecule has 106 valence electrons. The van der Waals surface area contributed by atoms with E-state index in [4.69, 9.17) is 0 Å². The van der Waals surface area contributed by atoms with Gasteiger partial charge in [0.1, 0.15) is 5.82 Å². The van der Waals surface area contributed by atoms with Crippen molar-refractivity contribution < 1.29 is 4.79 Å². The number of benzene rings is 1. The van der Waals surface area contributed by atoms with Crippen molar-refractivity contribution in [2.24, 2.45) is 5.41 Å². The van der Waals surface area contributed by atoms with Crippen LogP contribution in [0.4, 0.5) is 0 Å². The Morgan fingerprint density at radius 3 is 2.40 bits per heavy atom. The van der Waals surface area contributed by atoms with Crippen LogP contribution in [0.2, 0.25) is 0 Å². The van der Waals surface area contributed by atoms with Gasteiger partial charge in [0, 0.05) is 0 Å². The molecule has 2 N–H and O–H groups in total. The smallest absolute Gasteiger partial charge is 0.291 e. The summed E-state index contributed by atoms with van der Waals surface area (Å²) in [5.74, 6) is 0.535. The normalized spacial score (nSPS) is 13.0. The monoisotopic (exact) mass is 272 g/mol. The molecule has 0 radical (unpaired) electrons. The van der Waals surface area contributed by atoms with Crippen LogP contribution in [-0.4, -0.2) is 21.1 Å². The van der Waals surface area contributed by atoms with Gasteiger partial charge in [0.15, 0.2) is 0 Å². The summed E-state index contributed by atoms with van der Waals surface area (Å²) in [5.41, 5.74) is 0.961. The third-order valence-electron chi connectivity index (χ3n) is 3.07. The Kier molecular flexibility index (Phi) is 3.88. The number of aryl methyl sites for hydroxylation is 1. The van der Waals surface area contributed by atoms with Gasteiger partial charge < -0.3 is 5.32 Å². The van der Waals surface area contributed by atoms with E-state index >= 15 is 0 Å². The van der Waals surface area contributed by atoms with E-state index in [0.29, 0.717) is 5.82 Å². The first-order valence-corrected chi connectivity index (χ1v) is 6.63. The Labute approximate surface area is 118 Å². The first kappa shape index (κ1) is 14.2. The molecule has 0 spiro atoms. The van der Waals surface area contributed by atoms with Gasteiger partial charge in [-0.2, -0.15) is 0 Å². The van der Waals surface area contributed by atoms with Gasteiger partial charge in [-0.25, -0.2) is 4.98 Å². The molecule has 20 heavy (non-hydrogen) atoms. The third-order valence-corrected chi connectivity index (χ3v) is 3.07. The van der Waals surface area contributed by atoms with Gasteiger partial charge in [0.05, 0.1) is 6.04 Å². The Hall–Kier alpha value is -2.17. The number of nitrogens with zero attached hydrogens (tertiary/aromatic N) is 2. The molecule has 0 aliphatic heterocycles. The number of amides is 1. The van der Waals surface area contributed by atoms with Gasteiger partial charge in [0.25, 0.3) is 5.91 Å². The van der Waals surface area contributed by atoms with Gasteiger partial charge in [-0.3, -0.25) is 9.89 Å². The lowest BCUT2D eigenvalue weighted by Crippen LogP contribution is -2.37. The number of carbonyl (C=O) groups excluding carboxylic acids is 1. The van der Waals surface area contributed by atoms with Gasteiger partial charge in [-0.05, 0) is 17.9 Å². The van der Waals surface area contributed by atoms with E-state index in [1.165, 1.54) is 0 Å². The molecule has 2 rings (SSSR count). The average Bonchev–Trinajstić information content (AvgIpc) is 2.82. The summed E-state index contributed by atoms with van der Waals surface area (Å²) in [6, 6.07) is 9.83. The molecule has 1 unspecified atom stereocenters. The topological polar surface area (TPSA) is 70.7 Å². The van der Waals surface area contributed by atoms with E-state index in [9.17, 15) is 4.79 Å². The summed E-state index contributed by atoms with van der Waals surface area (Å²) in [4.78, 5) is 16.3. The van der Waals surface area contributed by atoms with E-state index in [0.717, 1.165) is 5.56 Å². The third kappa shape index (κ3) is 3.23. The molecule has 2 aromatic rings. The number of aromatic nitrogens is 3. The maximum absolute atomic E-state index is 12.2. The van der Waals surface area contributed by atoms with Crippen molar-refractivity contribution in [2.45, 2.75) is 33.7 Å². The maximum Gasteiger partial charge on any atom is 0.291 e. The van der Waals surface area contributed by atoms with Crippen LogP contribution < -0.4 is 5.32 Å². The van der Waals surface area contributed by atoms with Crippen LogP contribution >= 0.6 is 0 Å². The van der Waals surface area contributed by atoms with Crippen molar-refractivity contribution in [3.8, 4) is 0 Å². The average molecular weight is 272 g/mol. The van der Waals surface area contributed by atoms with Crippen LogP contribution in [0.1, 0.15) is 48.8 Å². The molecule has 1 heterocycles. The molecule has 1 aromatic carbocycles. The summed E-state index contributed by atoms with van der Waals surface area (Å²) in [7, 11) is 0. The number of aromatic amines is 1. The minimum absolute atomic E-state index is 0.102. The predicted molar refractivity (Wildman–Crippen MR) is 77.2 cm³/mol. The molecule has 1 atom stereocenters. The molecule has 1 aromatic heterocycles. The van der Waals surface area contributed by atoms with Crippen LogP contribution in [0.15, 0.2) is 30.3 Å². The molecule has 5 heteroatoms. The number of rotatable bonds is 3. The van der Waals surface area contributed by atoms with Crippen LogP contribution in [-0.2, 0) is 0 Å². The number of hydrogen-bond acceptors (Lipinski definition) is 3. The number of carbonyl (C=O) groups is 1. The van der Waals surface area contributed by atoms with Crippen molar-refractivity contribution >= 4 is 5.91 Å². The molecule has 0 bridgehead atoms. The van der Waals surface area contributed by atoms with Gasteiger partial charge in [-0.15, -0.1) is 5.10 Å². The first-order valence-electron chi connectivity index (χ1n) is 6.63. The minimum atomic E-state index is -0.266. The highest BCUT2D eigenvalue weighted by atomic mass is 16.2. The number of nitrogens with one attached hydrogen (secondary N) is 2. The molecule has 0 saturated heterocycles. The zero-order chi connectivity index (χ0) is 14.8. The number of H-pyrrole nitrogens is 1. The fourth-order valence-corrected chi connectivity index (χ4v) is 2.09. The van der Waals surface area contributed by atoms with Crippen molar-refractivity contribution in [1.82, 2.24) is 20.5 Å². The second-order valence-corrected chi connectivity index (χ2v) is 5.93. The highest BCUT2D eigenvalue weighted by molar-refractivity contribution is 5.90. The lowest BCUT2D eigenvalue weighted by atomic mass is 9.82. The number of hydrogen-bond donors (Lipinski definition) is 2. The zero-order valence-electron chi connectivity index (χ0n) is 12.3. The van der Waals surface area contributed by atoms with E-state index in [1.54, 1.807) is 6.92 Å². The SMILES string of the molecule is Cc1nc(C(=O)NC(c2ccccc2)C(C)(C)C)n[nH]1. The van der Waals surface area contributed by atoms with Crippen LogP contribution in [0, 0.1) is 12.3 Å². The predicted octanol–water partition coefficient (Wildman–Crippen LogP) is 2.63. The standard InChI is InChI=1S/C15H20N4O/c1-10-16-13(19-18-10)14(20)17-12(15(2,3)4)11-8-6-5-7-9-11/h5-9,12H,1-4H3,(H,17,20)(H,16,18,19). The Balaban J connectivity index is 2.23. The highest BCUT2D eigenvalue weighted by Gasteiger charge is 2.29. The molecule has 0 aliphatic carbocycles. The Morgan fingerprint density at radius 1 is 1.25 bits per heavy atom. The fraction of sp³-hybridized carbons (Fsp3) is 0.400. The van der Waals surface area contributed by atoms with Crippen LogP contribution in [0.25, 0.3) is 0 Å². The van der Waals surface area contributed by atoms with Crippen molar-refractivity contribution in [2.75, 3.05) is 0 Å². The van der Waals surface area contributed by atoms with Crippen molar-refractivity contribution in [1.29, 1.82) is 0 Å². The molecular formula is C15H20N4O. The van der Waals surface area contributed by atoms with Gasteiger partial charge in [0.2, 0.25) is 5.82 Å². The molecule has 0 fully saturated rings. The lowest BCUT2D eigenvalue weighted by molar-refractivity contribution is 0.0891. The molecule has 1 amide bonds. The van der Waals surface area contributed by atoms with Gasteiger partial charge >= 0.3 is 0 Å². The fourth-order valence-electron chi connectivity index (χ4n) is 2.09. The highest BCUT2D eigenvalue weighted by Crippen LogP contribution is 2.32. The quantitative estimate of drug-likeness (QED) is 0.902. The summed E-state index contributed by atoms with van der Waals surface area (Å²) in [5, 5.41) is 9.59. The van der Waals surface area contributed by atoms with Gasteiger partial charge in [-0.1, -0.05) is 51.1 Å². The lowest BCUT2D eigenvalue weighted by Gasteiger charge is -2.31. The van der Waals surface area contributed by atoms with E-state index in [2.05, 4.69) is 41.3 Å². The molecule has 0 aliphatic rings. The summed E-state index contributed by atoms with van der Waals surface area (Å²) in [6.45, 7) is 8.04. The van der Waals surface area contributed by atoms with E-state index in [1.807, 2.05) is 30.3 Å². The van der Waals surface area contributed by atoms with Crippen LogP contribution in [0.3, 0.4) is 0 Å². The zero-order valence-corrected chi connectivity index (χ0v) is 12.3. The summed E-state index contributed by atoms with van der Waals surface area (Å²) in [6.07, 6.45) is 0. The second-order valence-electron chi connectivity index (χ2n) is 5.93. The summed E-state index contributed by atoms with van der Waals surface area (Å²) < 4.78 is 0. The van der Waals surface area contributed by atoms with E-state index < -0.39 is 0 Å². The first-order chi connectivity index (χ1) is 9.38. The molecule has 5 nitrogen and oxygen atoms in total. The summed E-state index contributed by atoms with van der Waals surface area (Å²) >= 11 is 0. The molecular weight excluding hydrogens is 252 g/mol. The minimum Gasteiger partial charge on any atom is -0.342 e. The van der Waals surface area contributed by atoms with E-state index in [-0.39, 0.29) is 23.2 Å². The Bertz CT molecular complexity index is 583. The largest absolute Gasteiger partial charge is 0.342 e. The Morgan fingerprint density at radius 2 is 1.90 bits per heavy atom. The second kappa shape index (κ2) is 5.45. The van der Waals surface area contributed by atoms with Crippen LogP contribution in [0.5, 0.6) is 0 Å². The molecule has 0 saturated carbocycles. The maximum atomic E-state index is 12.2. The van der Waals surface area contributed by atoms with Crippen molar-refractivity contribution in [3.05, 3.63) is 47.5 Å². The van der Waals surface area contributed by atoms with Crippen molar-refractivity contribution in [3.63, 3.8) is 0 Å².